The van der Waals surface area contributed by atoms with Crippen molar-refractivity contribution in [2.45, 2.75) is 32.4 Å². The van der Waals surface area contributed by atoms with Crippen LogP contribution in [-0.4, -0.2) is 46.8 Å². The average Bonchev–Trinajstić information content (AvgIpc) is 3.34. The molecule has 0 aliphatic heterocycles. The highest BCUT2D eigenvalue weighted by atomic mass is 32.2. The van der Waals surface area contributed by atoms with E-state index in [4.69, 9.17) is 20.9 Å². The van der Waals surface area contributed by atoms with Crippen LogP contribution >= 0.6 is 0 Å². The first-order chi connectivity index (χ1) is 20.3. The number of fused-ring (bicyclic) bond motifs is 2. The molecule has 42 heavy (non-hydrogen) atoms. The topological polar surface area (TPSA) is 170 Å². The number of pyridine rings is 1. The number of aliphatic hydroxyl groups excluding tert-OH is 1. The number of amidine groups is 1. The maximum Gasteiger partial charge on any atom is 0.305 e. The van der Waals surface area contributed by atoms with Crippen LogP contribution in [0.15, 0.2) is 79.0 Å². The zero-order chi connectivity index (χ0) is 29.8. The molecule has 0 aliphatic rings. The Hall–Kier alpha value is -4.65. The molecule has 12 heteroatoms. The Morgan fingerprint density at radius 2 is 1.93 bits per heavy atom. The summed E-state index contributed by atoms with van der Waals surface area (Å²) in [6.45, 7) is 2.40. The minimum absolute atomic E-state index is 0.0866. The zero-order valence-electron chi connectivity index (χ0n) is 22.8. The van der Waals surface area contributed by atoms with E-state index in [1.165, 1.54) is 0 Å². The second-order valence-corrected chi connectivity index (χ2v) is 10.3. The smallest absolute Gasteiger partial charge is 0.305 e. The van der Waals surface area contributed by atoms with Crippen molar-refractivity contribution in [3.05, 3.63) is 95.9 Å². The van der Waals surface area contributed by atoms with Crippen molar-refractivity contribution in [1.29, 1.82) is 5.41 Å². The Bertz CT molecular complexity index is 1780. The third-order valence-corrected chi connectivity index (χ3v) is 7.53. The molecular formula is C30H29N6O5S-. The van der Waals surface area contributed by atoms with Gasteiger partial charge in [-0.25, -0.2) is 4.98 Å². The predicted molar refractivity (Wildman–Crippen MR) is 160 cm³/mol. The molecule has 0 bridgehead atoms. The average molecular weight is 586 g/mol. The molecule has 2 heterocycles. The van der Waals surface area contributed by atoms with Crippen molar-refractivity contribution < 1.29 is 23.4 Å². The summed E-state index contributed by atoms with van der Waals surface area (Å²) in [5.74, 6) is -0.0805. The molecule has 0 fully saturated rings. The molecule has 2 atom stereocenters. The fraction of sp³-hybridized carbons (Fsp3) is 0.200. The predicted octanol–water partition coefficient (Wildman–Crippen LogP) is 4.23. The monoisotopic (exact) mass is 585 g/mol. The van der Waals surface area contributed by atoms with Gasteiger partial charge in [-0.05, 0) is 49.2 Å². The lowest BCUT2D eigenvalue weighted by Gasteiger charge is -2.27. The van der Waals surface area contributed by atoms with Crippen molar-refractivity contribution in [1.82, 2.24) is 14.5 Å². The Morgan fingerprint density at radius 1 is 1.17 bits per heavy atom. The van der Waals surface area contributed by atoms with Gasteiger partial charge in [0.2, 0.25) is 0 Å². The van der Waals surface area contributed by atoms with Gasteiger partial charge >= 0.3 is 5.97 Å². The number of aliphatic hydroxyl groups is 1. The number of para-hydroxylation sites is 1. The van der Waals surface area contributed by atoms with Crippen molar-refractivity contribution in [2.24, 2.45) is 5.73 Å². The maximum atomic E-state index is 12.5. The van der Waals surface area contributed by atoms with Crippen molar-refractivity contribution in [2.75, 3.05) is 10.9 Å². The number of carbonyl (C=O) groups is 1. The largest absolute Gasteiger partial charge is 0.755 e. The summed E-state index contributed by atoms with van der Waals surface area (Å²) in [6.07, 6.45) is 1.09. The van der Waals surface area contributed by atoms with Crippen LogP contribution in [0, 0.1) is 5.41 Å². The van der Waals surface area contributed by atoms with Crippen LogP contribution in [0.3, 0.4) is 0 Å². The van der Waals surface area contributed by atoms with Crippen LogP contribution in [0.25, 0.3) is 21.9 Å². The summed E-state index contributed by atoms with van der Waals surface area (Å²) in [5.41, 5.74) is 9.01. The number of nitrogen functional groups attached to an aromatic ring is 1. The van der Waals surface area contributed by atoms with Gasteiger partial charge in [0.05, 0.1) is 45.8 Å². The summed E-state index contributed by atoms with van der Waals surface area (Å²) in [5, 5.41) is 19.8. The number of rotatable bonds is 11. The number of carbonyl (C=O) groups excluding carboxylic acids is 1. The number of nitrogens with one attached hydrogen (secondary N) is 1. The molecule has 0 saturated heterocycles. The molecule has 0 aliphatic carbocycles. The first kappa shape index (κ1) is 28.9. The number of imidazole rings is 1. The van der Waals surface area contributed by atoms with E-state index >= 15 is 0 Å². The van der Waals surface area contributed by atoms with E-state index in [-0.39, 0.29) is 18.2 Å². The number of aryl methyl sites for hydroxylation is 1. The van der Waals surface area contributed by atoms with E-state index in [1.807, 2.05) is 16.7 Å². The Labute approximate surface area is 244 Å². The summed E-state index contributed by atoms with van der Waals surface area (Å²) in [7, 11) is 0. The molecule has 0 spiro atoms. The third-order valence-electron chi connectivity index (χ3n) is 6.83. The van der Waals surface area contributed by atoms with Crippen LogP contribution in [-0.2, 0) is 27.3 Å². The molecular weight excluding hydrogens is 556 g/mol. The van der Waals surface area contributed by atoms with Crippen molar-refractivity contribution in [3.8, 4) is 0 Å². The first-order valence-electron chi connectivity index (χ1n) is 13.3. The number of nitrogens with zero attached hydrogens (tertiary/aromatic N) is 4. The van der Waals surface area contributed by atoms with Gasteiger partial charge < -0.3 is 24.7 Å². The number of aromatic nitrogens is 3. The number of hydrogen-bond acceptors (Lipinski definition) is 8. The fourth-order valence-corrected chi connectivity index (χ4v) is 5.47. The molecule has 0 radical (unpaired) electrons. The zero-order valence-corrected chi connectivity index (χ0v) is 23.6. The summed E-state index contributed by atoms with van der Waals surface area (Å²) in [4.78, 5) is 21.1. The number of nitrogens with two attached hydrogens (primary N) is 1. The maximum absolute atomic E-state index is 12.5. The summed E-state index contributed by atoms with van der Waals surface area (Å²) in [6, 6.07) is 20.6. The second-order valence-electron chi connectivity index (χ2n) is 9.51. The lowest BCUT2D eigenvalue weighted by atomic mass is 10.1. The molecule has 5 aromatic rings. The van der Waals surface area contributed by atoms with Crippen molar-refractivity contribution >= 4 is 56.4 Å². The van der Waals surface area contributed by atoms with Gasteiger partial charge in [0.25, 0.3) is 0 Å². The molecule has 5 rings (SSSR count). The molecule has 216 valence electrons. The summed E-state index contributed by atoms with van der Waals surface area (Å²) >= 11 is -2.68. The van der Waals surface area contributed by atoms with Crippen molar-refractivity contribution in [3.63, 3.8) is 0 Å². The highest BCUT2D eigenvalue weighted by Crippen LogP contribution is 2.35. The Kier molecular flexibility index (Phi) is 8.57. The van der Waals surface area contributed by atoms with E-state index in [0.717, 1.165) is 9.69 Å². The lowest BCUT2D eigenvalue weighted by molar-refractivity contribution is -0.143. The molecule has 11 nitrogen and oxygen atoms in total. The highest BCUT2D eigenvalue weighted by molar-refractivity contribution is 7.81. The quantitative estimate of drug-likeness (QED) is 0.0895. The van der Waals surface area contributed by atoms with Gasteiger partial charge in [-0.2, -0.15) is 0 Å². The number of benzene rings is 3. The van der Waals surface area contributed by atoms with E-state index in [1.54, 1.807) is 73.8 Å². The fourth-order valence-electron chi connectivity index (χ4n) is 4.87. The number of esters is 1. The number of anilines is 2. The number of ether oxygens (including phenoxy) is 1. The molecule has 2 unspecified atom stereocenters. The molecule has 2 aromatic heterocycles. The highest BCUT2D eigenvalue weighted by Gasteiger charge is 2.22. The van der Waals surface area contributed by atoms with E-state index < -0.39 is 17.4 Å². The van der Waals surface area contributed by atoms with E-state index in [2.05, 4.69) is 4.98 Å². The van der Waals surface area contributed by atoms with Gasteiger partial charge in [0, 0.05) is 30.1 Å². The standard InChI is InChI=1S/C30H30N6O5S/c1-2-41-26(37)9-5-17-35-24-15-14-22(36(42(39)40)25-8-3-6-19-7-4-16-33-27(19)25)18-23(24)34-30(35)28(38)20-10-12-21(13-11-20)29(31)32/h3-4,6-8,10-16,18,28,38H,2,5,9,17H2,1H3,(H3,31,32)(H,39,40)/p-1. The third kappa shape index (κ3) is 5.86. The van der Waals surface area contributed by atoms with E-state index in [0.29, 0.717) is 64.4 Å². The van der Waals surface area contributed by atoms with Crippen LogP contribution in [0.1, 0.15) is 42.8 Å². The van der Waals surface area contributed by atoms with Gasteiger partial charge in [-0.1, -0.05) is 42.5 Å². The summed E-state index contributed by atoms with van der Waals surface area (Å²) < 4.78 is 33.1. The van der Waals surface area contributed by atoms with E-state index in [9.17, 15) is 18.7 Å². The van der Waals surface area contributed by atoms with Gasteiger partial charge in [0.15, 0.2) is 0 Å². The van der Waals surface area contributed by atoms with Crippen LogP contribution in [0.4, 0.5) is 11.4 Å². The Morgan fingerprint density at radius 3 is 2.64 bits per heavy atom. The SMILES string of the molecule is CCOC(=O)CCCn1c(C(O)c2ccc(C(=N)N)cc2)nc2cc(N(c3cccc4cccnc34)S(=O)[O-])ccc21. The van der Waals surface area contributed by atoms with Crippen LogP contribution in [0.2, 0.25) is 0 Å². The Balaban J connectivity index is 1.58. The van der Waals surface area contributed by atoms with Gasteiger partial charge in [-0.15, -0.1) is 0 Å². The van der Waals surface area contributed by atoms with Crippen LogP contribution < -0.4 is 10.0 Å². The van der Waals surface area contributed by atoms with Gasteiger partial charge in [0.1, 0.15) is 17.8 Å². The minimum Gasteiger partial charge on any atom is -0.755 e. The van der Waals surface area contributed by atoms with Gasteiger partial charge in [-0.3, -0.25) is 23.7 Å². The normalized spacial score (nSPS) is 12.7. The molecule has 0 amide bonds. The second kappa shape index (κ2) is 12.5. The molecule has 0 saturated carbocycles. The first-order valence-corrected chi connectivity index (χ1v) is 14.3. The minimum atomic E-state index is -2.68. The lowest BCUT2D eigenvalue weighted by Crippen LogP contribution is -2.20. The molecule has 3 aromatic carbocycles. The number of hydrogen-bond donors (Lipinski definition) is 3. The van der Waals surface area contributed by atoms with Crippen LogP contribution in [0.5, 0.6) is 0 Å². The molecule has 4 N–H and O–H groups in total.